The van der Waals surface area contributed by atoms with E-state index in [1.165, 1.54) is 12.8 Å². The van der Waals surface area contributed by atoms with Gasteiger partial charge in [0.05, 0.1) is 14.2 Å². The van der Waals surface area contributed by atoms with Gasteiger partial charge in [0.25, 0.3) is 0 Å². The van der Waals surface area contributed by atoms with Crippen molar-refractivity contribution in [1.29, 1.82) is 0 Å². The highest BCUT2D eigenvalue weighted by molar-refractivity contribution is 5.87. The minimum atomic E-state index is -0.441. The van der Waals surface area contributed by atoms with Crippen LogP contribution in [0.5, 0.6) is 5.75 Å². The topological polar surface area (TPSA) is 67.8 Å². The number of hydrogen-bond acceptors (Lipinski definition) is 7. The van der Waals surface area contributed by atoms with E-state index in [4.69, 9.17) is 9.47 Å². The van der Waals surface area contributed by atoms with Crippen LogP contribution in [0.2, 0.25) is 0 Å². The van der Waals surface area contributed by atoms with E-state index in [9.17, 15) is 4.79 Å². The maximum Gasteiger partial charge on any atom is 0.356 e. The van der Waals surface area contributed by atoms with Crippen molar-refractivity contribution in [1.82, 2.24) is 9.97 Å². The number of methoxy groups -OCH3 is 2. The van der Waals surface area contributed by atoms with Gasteiger partial charge in [-0.3, -0.25) is 0 Å². The minimum Gasteiger partial charge on any atom is -0.497 e. The van der Waals surface area contributed by atoms with Crippen LogP contribution < -0.4 is 14.5 Å². The van der Waals surface area contributed by atoms with Crippen LogP contribution in [0.25, 0.3) is 0 Å². The predicted octanol–water partition coefficient (Wildman–Crippen LogP) is 1.91. The summed E-state index contributed by atoms with van der Waals surface area (Å²) in [4.78, 5) is 25.0. The van der Waals surface area contributed by atoms with Crippen molar-refractivity contribution in [2.75, 3.05) is 50.2 Å². The molecule has 0 radical (unpaired) electrons. The lowest BCUT2D eigenvalue weighted by molar-refractivity contribution is 0.0593. The number of rotatable bonds is 4. The summed E-state index contributed by atoms with van der Waals surface area (Å²) in [5.41, 5.74) is 2.21. The minimum absolute atomic E-state index is 0.294. The van der Waals surface area contributed by atoms with Crippen molar-refractivity contribution < 1.29 is 14.3 Å². The van der Waals surface area contributed by atoms with Crippen LogP contribution in [0.15, 0.2) is 30.3 Å². The molecule has 1 aliphatic heterocycles. The highest BCUT2D eigenvalue weighted by atomic mass is 16.5. The van der Waals surface area contributed by atoms with Gasteiger partial charge in [0, 0.05) is 37.6 Å². The lowest BCUT2D eigenvalue weighted by Crippen LogP contribution is -2.47. The van der Waals surface area contributed by atoms with E-state index < -0.39 is 5.97 Å². The number of hydrogen-bond donors (Lipinski definition) is 0. The number of aromatic nitrogens is 2. The van der Waals surface area contributed by atoms with Crippen LogP contribution in [-0.4, -0.2) is 56.3 Å². The van der Waals surface area contributed by atoms with Crippen LogP contribution in [0, 0.1) is 6.92 Å². The third-order valence-corrected chi connectivity index (χ3v) is 4.24. The first-order chi connectivity index (χ1) is 12.1. The molecule has 1 aromatic heterocycles. The Kier molecular flexibility index (Phi) is 5.02. The zero-order chi connectivity index (χ0) is 17.8. The fraction of sp³-hybridized carbons (Fsp3) is 0.389. The second-order valence-electron chi connectivity index (χ2n) is 5.86. The maximum absolute atomic E-state index is 11.7. The molecule has 25 heavy (non-hydrogen) atoms. The van der Waals surface area contributed by atoms with Gasteiger partial charge in [0.1, 0.15) is 5.75 Å². The summed E-state index contributed by atoms with van der Waals surface area (Å²) >= 11 is 0. The Morgan fingerprint density at radius 1 is 1.00 bits per heavy atom. The Labute approximate surface area is 147 Å². The molecular formula is C18H22N4O3. The fourth-order valence-electron chi connectivity index (χ4n) is 2.86. The molecule has 1 saturated heterocycles. The molecule has 132 valence electrons. The first-order valence-corrected chi connectivity index (χ1v) is 8.18. The molecule has 1 aromatic carbocycles. The van der Waals surface area contributed by atoms with Crippen LogP contribution in [-0.2, 0) is 4.74 Å². The lowest BCUT2D eigenvalue weighted by atomic mass is 10.2. The monoisotopic (exact) mass is 342 g/mol. The first-order valence-electron chi connectivity index (χ1n) is 8.18. The largest absolute Gasteiger partial charge is 0.497 e. The molecule has 0 atom stereocenters. The second kappa shape index (κ2) is 7.38. The number of esters is 1. The smallest absolute Gasteiger partial charge is 0.356 e. The summed E-state index contributed by atoms with van der Waals surface area (Å²) in [7, 11) is 3.02. The van der Waals surface area contributed by atoms with Gasteiger partial charge in [-0.1, -0.05) is 0 Å². The number of ether oxygens (including phenoxy) is 2. The molecule has 7 nitrogen and oxygen atoms in total. The highest BCUT2D eigenvalue weighted by Gasteiger charge is 2.21. The normalized spacial score (nSPS) is 14.4. The standard InChI is InChI=1S/C18H22N4O3/c1-13-12-16(17(23)25-3)20-18(19-13)22-10-8-21(9-11-22)14-4-6-15(24-2)7-5-14/h4-7,12H,8-11H2,1-3H3. The average Bonchev–Trinajstić information content (AvgIpc) is 2.67. The molecule has 3 rings (SSSR count). The molecule has 1 aliphatic rings. The number of carbonyl (C=O) groups excluding carboxylic acids is 1. The Morgan fingerprint density at radius 2 is 1.64 bits per heavy atom. The van der Waals surface area contributed by atoms with Crippen LogP contribution in [0.3, 0.4) is 0 Å². The van der Waals surface area contributed by atoms with Crippen molar-refractivity contribution in [3.05, 3.63) is 41.7 Å². The molecule has 0 amide bonds. The molecule has 2 heterocycles. The van der Waals surface area contributed by atoms with Gasteiger partial charge in [-0.2, -0.15) is 0 Å². The number of piperazine rings is 1. The first kappa shape index (κ1) is 17.0. The van der Waals surface area contributed by atoms with E-state index in [0.717, 1.165) is 37.6 Å². The average molecular weight is 342 g/mol. The quantitative estimate of drug-likeness (QED) is 0.786. The summed E-state index contributed by atoms with van der Waals surface area (Å²) in [6, 6.07) is 9.70. The zero-order valence-corrected chi connectivity index (χ0v) is 14.7. The van der Waals surface area contributed by atoms with Crippen molar-refractivity contribution in [3.8, 4) is 5.75 Å². The summed E-state index contributed by atoms with van der Waals surface area (Å²) in [6.07, 6.45) is 0. The number of carbonyl (C=O) groups is 1. The maximum atomic E-state index is 11.7. The molecule has 2 aromatic rings. The van der Waals surface area contributed by atoms with E-state index in [0.29, 0.717) is 11.6 Å². The Hall–Kier alpha value is -2.83. The molecule has 7 heteroatoms. The Balaban J connectivity index is 1.69. The van der Waals surface area contributed by atoms with Gasteiger partial charge in [0.2, 0.25) is 5.95 Å². The molecule has 0 bridgehead atoms. The van der Waals surface area contributed by atoms with E-state index in [-0.39, 0.29) is 0 Å². The number of nitrogens with zero attached hydrogens (tertiary/aromatic N) is 4. The lowest BCUT2D eigenvalue weighted by Gasteiger charge is -2.36. The second-order valence-corrected chi connectivity index (χ2v) is 5.86. The molecule has 0 N–H and O–H groups in total. The summed E-state index contributed by atoms with van der Waals surface area (Å²) in [6.45, 7) is 5.14. The van der Waals surface area contributed by atoms with Gasteiger partial charge in [0.15, 0.2) is 5.69 Å². The number of aryl methyl sites for hydroxylation is 1. The van der Waals surface area contributed by atoms with Crippen molar-refractivity contribution in [2.45, 2.75) is 6.92 Å². The third kappa shape index (κ3) is 3.81. The molecule has 1 fully saturated rings. The molecular weight excluding hydrogens is 320 g/mol. The number of benzene rings is 1. The third-order valence-electron chi connectivity index (χ3n) is 4.24. The molecule has 0 aliphatic carbocycles. The molecule has 0 unspecified atom stereocenters. The van der Waals surface area contributed by atoms with E-state index in [1.807, 2.05) is 19.1 Å². The van der Waals surface area contributed by atoms with Gasteiger partial charge < -0.3 is 19.3 Å². The Bertz CT molecular complexity index is 740. The van der Waals surface area contributed by atoms with Crippen molar-refractivity contribution in [2.24, 2.45) is 0 Å². The van der Waals surface area contributed by atoms with E-state index >= 15 is 0 Å². The van der Waals surface area contributed by atoms with Crippen LogP contribution >= 0.6 is 0 Å². The van der Waals surface area contributed by atoms with E-state index in [1.54, 1.807) is 13.2 Å². The zero-order valence-electron chi connectivity index (χ0n) is 14.7. The summed E-state index contributed by atoms with van der Waals surface area (Å²) < 4.78 is 9.96. The van der Waals surface area contributed by atoms with Gasteiger partial charge in [-0.15, -0.1) is 0 Å². The Morgan fingerprint density at radius 3 is 2.24 bits per heavy atom. The molecule has 0 saturated carbocycles. The summed E-state index contributed by atoms with van der Waals surface area (Å²) in [5.74, 6) is 0.990. The van der Waals surface area contributed by atoms with E-state index in [2.05, 4.69) is 31.9 Å². The SMILES string of the molecule is COC(=O)c1cc(C)nc(N2CCN(c3ccc(OC)cc3)CC2)n1. The number of anilines is 2. The summed E-state index contributed by atoms with van der Waals surface area (Å²) in [5, 5.41) is 0. The fourth-order valence-corrected chi connectivity index (χ4v) is 2.86. The molecule has 0 spiro atoms. The van der Waals surface area contributed by atoms with Crippen LogP contribution in [0.1, 0.15) is 16.2 Å². The highest BCUT2D eigenvalue weighted by Crippen LogP contribution is 2.22. The van der Waals surface area contributed by atoms with Crippen molar-refractivity contribution in [3.63, 3.8) is 0 Å². The predicted molar refractivity (Wildman–Crippen MR) is 95.5 cm³/mol. The van der Waals surface area contributed by atoms with Crippen LogP contribution in [0.4, 0.5) is 11.6 Å². The van der Waals surface area contributed by atoms with Gasteiger partial charge in [-0.05, 0) is 37.3 Å². The van der Waals surface area contributed by atoms with Crippen molar-refractivity contribution >= 4 is 17.6 Å². The van der Waals surface area contributed by atoms with Gasteiger partial charge >= 0.3 is 5.97 Å². The van der Waals surface area contributed by atoms with Gasteiger partial charge in [-0.25, -0.2) is 14.8 Å².